The minimum atomic E-state index is 0.0509. The Morgan fingerprint density at radius 3 is 2.55 bits per heavy atom. The van der Waals surface area contributed by atoms with Crippen LogP contribution in [-0.4, -0.2) is 58.9 Å². The summed E-state index contributed by atoms with van der Waals surface area (Å²) in [5, 5.41) is 0. The van der Waals surface area contributed by atoms with Gasteiger partial charge in [-0.3, -0.25) is 14.6 Å². The molecule has 0 spiro atoms. The normalized spacial score (nSPS) is 19.7. The van der Waals surface area contributed by atoms with Gasteiger partial charge in [0, 0.05) is 32.1 Å². The first-order valence-corrected chi connectivity index (χ1v) is 7.74. The predicted octanol–water partition coefficient (Wildman–Crippen LogP) is 0.930. The maximum atomic E-state index is 12.4. The number of likely N-dealkylation sites (tertiary alicyclic amines) is 2. The Bertz CT molecular complexity index is 535. The highest BCUT2D eigenvalue weighted by molar-refractivity contribution is 5.80. The van der Waals surface area contributed by atoms with Gasteiger partial charge in [0.2, 0.25) is 11.8 Å². The van der Waals surface area contributed by atoms with E-state index in [-0.39, 0.29) is 23.8 Å². The van der Waals surface area contributed by atoms with Crippen molar-refractivity contribution in [3.63, 3.8) is 0 Å². The summed E-state index contributed by atoms with van der Waals surface area (Å²) in [6.07, 6.45) is 4.98. The summed E-state index contributed by atoms with van der Waals surface area (Å²) < 4.78 is 5.76. The summed E-state index contributed by atoms with van der Waals surface area (Å²) >= 11 is 0. The van der Waals surface area contributed by atoms with Crippen LogP contribution >= 0.6 is 0 Å². The molecule has 3 rings (SSSR count). The van der Waals surface area contributed by atoms with Gasteiger partial charge in [-0.05, 0) is 25.0 Å². The Kier molecular flexibility index (Phi) is 4.27. The summed E-state index contributed by atoms with van der Waals surface area (Å²) in [5.41, 5.74) is 0. The average molecular weight is 303 g/mol. The smallest absolute Gasteiger partial charge is 0.226 e. The van der Waals surface area contributed by atoms with Gasteiger partial charge < -0.3 is 14.5 Å². The lowest BCUT2D eigenvalue weighted by atomic mass is 9.93. The zero-order valence-electron chi connectivity index (χ0n) is 12.8. The minimum absolute atomic E-state index is 0.0509. The second-order valence-corrected chi connectivity index (χ2v) is 5.95. The number of hydrogen-bond acceptors (Lipinski definition) is 4. The number of carbonyl (C=O) groups excluding carboxylic acids is 2. The molecule has 0 atom stereocenters. The number of ether oxygens (including phenoxy) is 1. The predicted molar refractivity (Wildman–Crippen MR) is 80.2 cm³/mol. The average Bonchev–Trinajstić information content (AvgIpc) is 2.51. The van der Waals surface area contributed by atoms with E-state index in [2.05, 4.69) is 4.98 Å². The summed E-state index contributed by atoms with van der Waals surface area (Å²) in [4.78, 5) is 31.4. The fourth-order valence-electron chi connectivity index (χ4n) is 3.00. The van der Waals surface area contributed by atoms with Gasteiger partial charge >= 0.3 is 0 Å². The third-order valence-electron chi connectivity index (χ3n) is 4.39. The monoisotopic (exact) mass is 303 g/mol. The molecule has 0 aromatic carbocycles. The lowest BCUT2D eigenvalue weighted by Crippen LogP contribution is -2.58. The number of hydrogen-bond donors (Lipinski definition) is 0. The van der Waals surface area contributed by atoms with Crippen LogP contribution in [0.2, 0.25) is 0 Å². The number of aromatic nitrogens is 1. The number of carbonyl (C=O) groups is 2. The first-order valence-electron chi connectivity index (χ1n) is 7.74. The molecule has 2 aliphatic heterocycles. The summed E-state index contributed by atoms with van der Waals surface area (Å²) in [7, 11) is 0. The van der Waals surface area contributed by atoms with Crippen molar-refractivity contribution >= 4 is 11.8 Å². The number of amides is 2. The van der Waals surface area contributed by atoms with Crippen LogP contribution in [0.1, 0.15) is 19.8 Å². The van der Waals surface area contributed by atoms with Crippen molar-refractivity contribution in [2.45, 2.75) is 25.9 Å². The summed E-state index contributed by atoms with van der Waals surface area (Å²) in [6, 6.07) is 3.70. The maximum Gasteiger partial charge on any atom is 0.226 e. The van der Waals surface area contributed by atoms with Crippen LogP contribution in [0.5, 0.6) is 5.75 Å². The first-order chi connectivity index (χ1) is 10.6. The molecule has 0 aliphatic carbocycles. The van der Waals surface area contributed by atoms with Crippen LogP contribution < -0.4 is 4.74 Å². The van der Waals surface area contributed by atoms with E-state index in [0.29, 0.717) is 26.2 Å². The standard InChI is InChI=1S/C16H21N3O3/c1-12(20)18-7-4-13(5-8-18)16(21)19-10-15(11-19)22-14-3-2-6-17-9-14/h2-3,6,9,13,15H,4-5,7-8,10-11H2,1H3. The Balaban J connectivity index is 1.43. The quantitative estimate of drug-likeness (QED) is 0.833. The number of rotatable bonds is 3. The molecule has 118 valence electrons. The lowest BCUT2D eigenvalue weighted by Gasteiger charge is -2.42. The molecule has 1 aromatic rings. The highest BCUT2D eigenvalue weighted by Gasteiger charge is 2.37. The topological polar surface area (TPSA) is 62.7 Å². The van der Waals surface area contributed by atoms with E-state index >= 15 is 0 Å². The van der Waals surface area contributed by atoms with Crippen molar-refractivity contribution in [1.29, 1.82) is 0 Å². The van der Waals surface area contributed by atoms with E-state index in [1.54, 1.807) is 19.3 Å². The van der Waals surface area contributed by atoms with Gasteiger partial charge in [-0.2, -0.15) is 0 Å². The summed E-state index contributed by atoms with van der Waals surface area (Å²) in [6.45, 7) is 4.24. The van der Waals surface area contributed by atoms with Crippen molar-refractivity contribution in [2.24, 2.45) is 5.92 Å². The molecule has 2 fully saturated rings. The highest BCUT2D eigenvalue weighted by Crippen LogP contribution is 2.24. The zero-order valence-corrected chi connectivity index (χ0v) is 12.8. The third-order valence-corrected chi connectivity index (χ3v) is 4.39. The van der Waals surface area contributed by atoms with Gasteiger partial charge in [0.25, 0.3) is 0 Å². The van der Waals surface area contributed by atoms with Crippen LogP contribution in [0, 0.1) is 5.92 Å². The van der Waals surface area contributed by atoms with Gasteiger partial charge in [-0.15, -0.1) is 0 Å². The first kappa shape index (κ1) is 14.8. The molecule has 0 bridgehead atoms. The molecule has 2 aliphatic rings. The SMILES string of the molecule is CC(=O)N1CCC(C(=O)N2CC(Oc3cccnc3)C2)CC1. The zero-order chi connectivity index (χ0) is 15.5. The van der Waals surface area contributed by atoms with Crippen molar-refractivity contribution in [3.8, 4) is 5.75 Å². The molecule has 6 heteroatoms. The minimum Gasteiger partial charge on any atom is -0.485 e. The van der Waals surface area contributed by atoms with Gasteiger partial charge in [-0.1, -0.05) is 0 Å². The molecule has 1 aromatic heterocycles. The molecule has 22 heavy (non-hydrogen) atoms. The fourth-order valence-corrected chi connectivity index (χ4v) is 3.00. The molecule has 0 N–H and O–H groups in total. The van der Waals surface area contributed by atoms with E-state index in [1.807, 2.05) is 21.9 Å². The number of pyridine rings is 1. The molecule has 2 saturated heterocycles. The lowest BCUT2D eigenvalue weighted by molar-refractivity contribution is -0.147. The van der Waals surface area contributed by atoms with E-state index in [0.717, 1.165) is 18.6 Å². The van der Waals surface area contributed by atoms with Gasteiger partial charge in [-0.25, -0.2) is 0 Å². The van der Waals surface area contributed by atoms with E-state index in [9.17, 15) is 9.59 Å². The van der Waals surface area contributed by atoms with E-state index in [4.69, 9.17) is 4.74 Å². The summed E-state index contributed by atoms with van der Waals surface area (Å²) in [5.74, 6) is 1.10. The van der Waals surface area contributed by atoms with Crippen LogP contribution in [-0.2, 0) is 9.59 Å². The molecule has 2 amide bonds. The molecule has 3 heterocycles. The molecule has 0 saturated carbocycles. The second kappa shape index (κ2) is 6.34. The Labute approximate surface area is 130 Å². The van der Waals surface area contributed by atoms with E-state index < -0.39 is 0 Å². The molecule has 0 unspecified atom stereocenters. The van der Waals surface area contributed by atoms with Crippen LogP contribution in [0.15, 0.2) is 24.5 Å². The fraction of sp³-hybridized carbons (Fsp3) is 0.562. The molecule has 0 radical (unpaired) electrons. The van der Waals surface area contributed by atoms with E-state index in [1.165, 1.54) is 0 Å². The maximum absolute atomic E-state index is 12.4. The number of nitrogens with zero attached hydrogens (tertiary/aromatic N) is 3. The molecular formula is C16H21N3O3. The Hall–Kier alpha value is -2.11. The molecule has 6 nitrogen and oxygen atoms in total. The van der Waals surface area contributed by atoms with Gasteiger partial charge in [0.1, 0.15) is 11.9 Å². The van der Waals surface area contributed by atoms with Crippen molar-refractivity contribution in [2.75, 3.05) is 26.2 Å². The van der Waals surface area contributed by atoms with Crippen LogP contribution in [0.4, 0.5) is 0 Å². The van der Waals surface area contributed by atoms with Gasteiger partial charge in [0.15, 0.2) is 0 Å². The Morgan fingerprint density at radius 1 is 1.23 bits per heavy atom. The van der Waals surface area contributed by atoms with Crippen molar-refractivity contribution in [1.82, 2.24) is 14.8 Å². The van der Waals surface area contributed by atoms with Gasteiger partial charge in [0.05, 0.1) is 19.3 Å². The van der Waals surface area contributed by atoms with Crippen molar-refractivity contribution in [3.05, 3.63) is 24.5 Å². The largest absolute Gasteiger partial charge is 0.485 e. The second-order valence-electron chi connectivity index (χ2n) is 5.95. The third kappa shape index (κ3) is 3.21. The van der Waals surface area contributed by atoms with Crippen LogP contribution in [0.25, 0.3) is 0 Å². The highest BCUT2D eigenvalue weighted by atomic mass is 16.5. The molecular weight excluding hydrogens is 282 g/mol. The Morgan fingerprint density at radius 2 is 1.95 bits per heavy atom. The number of piperidine rings is 1. The van der Waals surface area contributed by atoms with Crippen molar-refractivity contribution < 1.29 is 14.3 Å². The van der Waals surface area contributed by atoms with Crippen LogP contribution in [0.3, 0.4) is 0 Å².